The molecule has 0 radical (unpaired) electrons. The van der Waals surface area contributed by atoms with Gasteiger partial charge in [0.2, 0.25) is 0 Å². The highest BCUT2D eigenvalue weighted by Crippen LogP contribution is 2.46. The molecule has 0 saturated carbocycles. The fraction of sp³-hybridized carbons (Fsp3) is 0.125. The highest BCUT2D eigenvalue weighted by Gasteiger charge is 2.29. The number of ether oxygens (including phenoxy) is 1. The summed E-state index contributed by atoms with van der Waals surface area (Å²) in [5.41, 5.74) is 6.90. The maximum Gasteiger partial charge on any atom is 0.134 e. The number of fused-ring (bicyclic) bond motifs is 2. The molecular formula is C16H11N3O. The van der Waals surface area contributed by atoms with Gasteiger partial charge in [0.15, 0.2) is 0 Å². The summed E-state index contributed by atoms with van der Waals surface area (Å²) in [6.07, 6.45) is 0. The standard InChI is InChI=1S/C16H11N3O/c1-2-5-11-10(4-1)8-19-16-13(17-18-19)9-20-14-7-3-6-12(11)15(14)16/h1-7H,8-9H2. The largest absolute Gasteiger partial charge is 0.486 e. The minimum atomic E-state index is 0.502. The Labute approximate surface area is 115 Å². The van der Waals surface area contributed by atoms with Crippen molar-refractivity contribution >= 4 is 0 Å². The molecule has 5 rings (SSSR count). The van der Waals surface area contributed by atoms with Crippen LogP contribution < -0.4 is 4.74 Å². The van der Waals surface area contributed by atoms with Crippen LogP contribution in [-0.2, 0) is 13.2 Å². The number of benzene rings is 2. The molecule has 2 aliphatic heterocycles. The summed E-state index contributed by atoms with van der Waals surface area (Å²) < 4.78 is 7.82. The predicted octanol–water partition coefficient (Wildman–Crippen LogP) is 2.87. The maximum absolute atomic E-state index is 5.83. The second kappa shape index (κ2) is 3.48. The molecular weight excluding hydrogens is 250 g/mol. The molecule has 4 heteroatoms. The molecule has 0 fully saturated rings. The molecule has 2 aromatic carbocycles. The Balaban J connectivity index is 1.98. The van der Waals surface area contributed by atoms with Gasteiger partial charge in [-0.25, -0.2) is 4.68 Å². The zero-order valence-corrected chi connectivity index (χ0v) is 10.7. The van der Waals surface area contributed by atoms with Crippen molar-refractivity contribution in [3.8, 4) is 28.1 Å². The Hall–Kier alpha value is -2.62. The quantitative estimate of drug-likeness (QED) is 0.488. The van der Waals surface area contributed by atoms with Crippen LogP contribution >= 0.6 is 0 Å². The fourth-order valence-corrected chi connectivity index (χ4v) is 3.18. The molecule has 0 aliphatic carbocycles. The van der Waals surface area contributed by atoms with Crippen molar-refractivity contribution in [1.29, 1.82) is 0 Å². The highest BCUT2D eigenvalue weighted by molar-refractivity contribution is 5.90. The first kappa shape index (κ1) is 10.2. The van der Waals surface area contributed by atoms with Gasteiger partial charge in [0.1, 0.15) is 23.7 Å². The van der Waals surface area contributed by atoms with Crippen LogP contribution in [0.15, 0.2) is 42.5 Å². The summed E-state index contributed by atoms with van der Waals surface area (Å²) in [5, 5.41) is 8.57. The van der Waals surface area contributed by atoms with Crippen LogP contribution in [0.25, 0.3) is 22.4 Å². The van der Waals surface area contributed by atoms with Crippen LogP contribution in [0.2, 0.25) is 0 Å². The van der Waals surface area contributed by atoms with E-state index >= 15 is 0 Å². The lowest BCUT2D eigenvalue weighted by Gasteiger charge is -2.19. The molecule has 96 valence electrons. The lowest BCUT2D eigenvalue weighted by molar-refractivity contribution is 0.297. The van der Waals surface area contributed by atoms with Crippen LogP contribution in [0, 0.1) is 0 Å². The second-order valence-corrected chi connectivity index (χ2v) is 5.17. The number of rotatable bonds is 0. The zero-order valence-electron chi connectivity index (χ0n) is 10.7. The van der Waals surface area contributed by atoms with E-state index in [0.717, 1.165) is 29.2 Å². The van der Waals surface area contributed by atoms with Gasteiger partial charge < -0.3 is 4.74 Å². The van der Waals surface area contributed by atoms with E-state index in [1.165, 1.54) is 16.7 Å². The minimum Gasteiger partial charge on any atom is -0.486 e. The van der Waals surface area contributed by atoms with Crippen molar-refractivity contribution in [1.82, 2.24) is 15.0 Å². The van der Waals surface area contributed by atoms with Crippen LogP contribution in [-0.4, -0.2) is 15.0 Å². The van der Waals surface area contributed by atoms with Crippen LogP contribution in [0.1, 0.15) is 11.3 Å². The van der Waals surface area contributed by atoms with Gasteiger partial charge in [0, 0.05) is 0 Å². The smallest absolute Gasteiger partial charge is 0.134 e. The summed E-state index contributed by atoms with van der Waals surface area (Å²) in [6, 6.07) is 14.7. The Morgan fingerprint density at radius 2 is 1.90 bits per heavy atom. The molecule has 3 aromatic rings. The van der Waals surface area contributed by atoms with Crippen LogP contribution in [0.3, 0.4) is 0 Å². The third-order valence-corrected chi connectivity index (χ3v) is 4.06. The first-order chi connectivity index (χ1) is 9.92. The summed E-state index contributed by atoms with van der Waals surface area (Å²) >= 11 is 0. The number of aromatic nitrogens is 3. The molecule has 1 aromatic heterocycles. The van der Waals surface area contributed by atoms with E-state index in [9.17, 15) is 0 Å². The molecule has 0 spiro atoms. The third kappa shape index (κ3) is 1.16. The van der Waals surface area contributed by atoms with Gasteiger partial charge in [-0.05, 0) is 22.8 Å². The minimum absolute atomic E-state index is 0.502. The maximum atomic E-state index is 5.83. The highest BCUT2D eigenvalue weighted by atomic mass is 16.5. The Kier molecular flexibility index (Phi) is 1.77. The summed E-state index contributed by atoms with van der Waals surface area (Å²) in [5.74, 6) is 0.926. The Morgan fingerprint density at radius 3 is 2.90 bits per heavy atom. The van der Waals surface area contributed by atoms with E-state index in [0.29, 0.717) is 6.61 Å². The fourth-order valence-electron chi connectivity index (χ4n) is 3.18. The Bertz CT molecular complexity index is 851. The molecule has 0 saturated heterocycles. The van der Waals surface area contributed by atoms with Crippen molar-refractivity contribution in [3.05, 3.63) is 53.7 Å². The summed E-state index contributed by atoms with van der Waals surface area (Å²) in [4.78, 5) is 0. The average Bonchev–Trinajstić information content (AvgIpc) is 2.84. The number of nitrogens with zero attached hydrogens (tertiary/aromatic N) is 3. The summed E-state index contributed by atoms with van der Waals surface area (Å²) in [6.45, 7) is 1.26. The van der Waals surface area contributed by atoms with E-state index in [1.807, 2.05) is 10.7 Å². The monoisotopic (exact) mass is 261 g/mol. The van der Waals surface area contributed by atoms with E-state index < -0.39 is 0 Å². The predicted molar refractivity (Wildman–Crippen MR) is 74.3 cm³/mol. The van der Waals surface area contributed by atoms with E-state index in [1.54, 1.807) is 0 Å². The molecule has 3 heterocycles. The van der Waals surface area contributed by atoms with E-state index in [4.69, 9.17) is 4.74 Å². The van der Waals surface area contributed by atoms with Crippen molar-refractivity contribution in [2.75, 3.05) is 0 Å². The van der Waals surface area contributed by atoms with Crippen LogP contribution in [0.4, 0.5) is 0 Å². The van der Waals surface area contributed by atoms with Crippen molar-refractivity contribution in [2.45, 2.75) is 13.2 Å². The first-order valence-corrected chi connectivity index (χ1v) is 6.68. The molecule has 0 amide bonds. The van der Waals surface area contributed by atoms with Gasteiger partial charge in [0.05, 0.1) is 12.1 Å². The van der Waals surface area contributed by atoms with Gasteiger partial charge in [-0.3, -0.25) is 0 Å². The SMILES string of the molecule is c1ccc2c(c1)Cn1nnc3c1-c1c(cccc1-2)OC3. The number of hydrogen-bond acceptors (Lipinski definition) is 3. The molecule has 0 N–H and O–H groups in total. The van der Waals surface area contributed by atoms with E-state index in [-0.39, 0.29) is 0 Å². The molecule has 0 atom stereocenters. The second-order valence-electron chi connectivity index (χ2n) is 5.17. The lowest BCUT2D eigenvalue weighted by atomic mass is 9.93. The van der Waals surface area contributed by atoms with Gasteiger partial charge in [-0.15, -0.1) is 5.10 Å². The van der Waals surface area contributed by atoms with Gasteiger partial charge >= 0.3 is 0 Å². The molecule has 4 nitrogen and oxygen atoms in total. The third-order valence-electron chi connectivity index (χ3n) is 4.06. The topological polar surface area (TPSA) is 39.9 Å². The molecule has 20 heavy (non-hydrogen) atoms. The summed E-state index contributed by atoms with van der Waals surface area (Å²) in [7, 11) is 0. The molecule has 2 aliphatic rings. The first-order valence-electron chi connectivity index (χ1n) is 6.68. The Morgan fingerprint density at radius 1 is 1.00 bits per heavy atom. The van der Waals surface area contributed by atoms with Gasteiger partial charge in [-0.1, -0.05) is 41.6 Å². The van der Waals surface area contributed by atoms with Gasteiger partial charge in [0.25, 0.3) is 0 Å². The average molecular weight is 261 g/mol. The molecule has 0 unspecified atom stereocenters. The van der Waals surface area contributed by atoms with Crippen molar-refractivity contribution in [3.63, 3.8) is 0 Å². The van der Waals surface area contributed by atoms with E-state index in [2.05, 4.69) is 46.7 Å². The zero-order chi connectivity index (χ0) is 13.1. The van der Waals surface area contributed by atoms with Crippen LogP contribution in [0.5, 0.6) is 5.75 Å². The van der Waals surface area contributed by atoms with Gasteiger partial charge in [-0.2, -0.15) is 0 Å². The lowest BCUT2D eigenvalue weighted by Crippen LogP contribution is -2.08. The van der Waals surface area contributed by atoms with Crippen molar-refractivity contribution in [2.24, 2.45) is 0 Å². The van der Waals surface area contributed by atoms with Crippen molar-refractivity contribution < 1.29 is 4.74 Å². The normalized spacial score (nSPS) is 14.0. The molecule has 0 bridgehead atoms. The number of hydrogen-bond donors (Lipinski definition) is 0.